The molecule has 33 heavy (non-hydrogen) atoms. The number of amides is 1. The van der Waals surface area contributed by atoms with Crippen LogP contribution in [0.3, 0.4) is 0 Å². The van der Waals surface area contributed by atoms with Crippen molar-refractivity contribution in [2.75, 3.05) is 6.61 Å². The first-order valence-corrected chi connectivity index (χ1v) is 11.9. The number of hydrogen-bond donors (Lipinski definition) is 1. The summed E-state index contributed by atoms with van der Waals surface area (Å²) < 4.78 is 11.7. The summed E-state index contributed by atoms with van der Waals surface area (Å²) in [6, 6.07) is 8.18. The van der Waals surface area contributed by atoms with Gasteiger partial charge >= 0.3 is 0 Å². The number of aryl methyl sites for hydroxylation is 2. The Morgan fingerprint density at radius 3 is 2.45 bits per heavy atom. The zero-order valence-corrected chi connectivity index (χ0v) is 19.9. The van der Waals surface area contributed by atoms with Crippen LogP contribution in [-0.2, 0) is 9.59 Å². The van der Waals surface area contributed by atoms with E-state index in [1.165, 1.54) is 0 Å². The van der Waals surface area contributed by atoms with E-state index >= 15 is 0 Å². The van der Waals surface area contributed by atoms with E-state index in [9.17, 15) is 14.7 Å². The molecular formula is C27H33NO5. The third-order valence-electron chi connectivity index (χ3n) is 6.50. The first-order valence-electron chi connectivity index (χ1n) is 11.9. The summed E-state index contributed by atoms with van der Waals surface area (Å²) in [4.78, 5) is 28.0. The molecule has 1 aliphatic carbocycles. The van der Waals surface area contributed by atoms with Gasteiger partial charge in [-0.15, -0.1) is 0 Å². The molecule has 1 saturated carbocycles. The lowest BCUT2D eigenvalue weighted by Gasteiger charge is -2.34. The Hall–Kier alpha value is -3.02. The molecule has 1 atom stereocenters. The minimum Gasteiger partial charge on any atom is -0.507 e. The van der Waals surface area contributed by atoms with Gasteiger partial charge in [-0.1, -0.05) is 33.1 Å². The zero-order chi connectivity index (χ0) is 23.7. The first-order chi connectivity index (χ1) is 15.8. The number of furan rings is 1. The highest BCUT2D eigenvalue weighted by molar-refractivity contribution is 6.46. The predicted octanol–water partition coefficient (Wildman–Crippen LogP) is 5.69. The fourth-order valence-corrected chi connectivity index (χ4v) is 4.84. The molecule has 1 aromatic heterocycles. The summed E-state index contributed by atoms with van der Waals surface area (Å²) in [6.45, 7) is 8.49. The van der Waals surface area contributed by atoms with Crippen LogP contribution in [0.25, 0.3) is 5.76 Å². The van der Waals surface area contributed by atoms with Gasteiger partial charge in [-0.05, 0) is 68.5 Å². The quantitative estimate of drug-likeness (QED) is 0.347. The molecule has 0 bridgehead atoms. The molecule has 1 amide bonds. The number of carbonyl (C=O) groups is 2. The highest BCUT2D eigenvalue weighted by Crippen LogP contribution is 2.43. The van der Waals surface area contributed by atoms with Gasteiger partial charge < -0.3 is 19.2 Å². The van der Waals surface area contributed by atoms with E-state index in [2.05, 4.69) is 13.8 Å². The van der Waals surface area contributed by atoms with E-state index in [0.29, 0.717) is 29.6 Å². The van der Waals surface area contributed by atoms with E-state index < -0.39 is 17.7 Å². The summed E-state index contributed by atoms with van der Waals surface area (Å²) in [5.41, 5.74) is 1.43. The van der Waals surface area contributed by atoms with Gasteiger partial charge in [0.05, 0.1) is 12.2 Å². The number of benzene rings is 1. The Balaban J connectivity index is 1.77. The molecule has 6 heteroatoms. The molecule has 1 aromatic carbocycles. The van der Waals surface area contributed by atoms with Gasteiger partial charge in [0.25, 0.3) is 11.7 Å². The van der Waals surface area contributed by atoms with Crippen molar-refractivity contribution in [1.82, 2.24) is 4.90 Å². The topological polar surface area (TPSA) is 80.0 Å². The fraction of sp³-hybridized carbons (Fsp3) is 0.481. The molecular weight excluding hydrogens is 418 g/mol. The number of aliphatic hydroxyl groups is 1. The third-order valence-corrected chi connectivity index (χ3v) is 6.50. The summed E-state index contributed by atoms with van der Waals surface area (Å²) in [5, 5.41) is 11.3. The Labute approximate surface area is 195 Å². The molecule has 2 heterocycles. The van der Waals surface area contributed by atoms with Crippen LogP contribution in [0, 0.1) is 19.8 Å². The minimum atomic E-state index is -0.723. The van der Waals surface area contributed by atoms with Crippen LogP contribution in [0.5, 0.6) is 5.75 Å². The highest BCUT2D eigenvalue weighted by Gasteiger charge is 2.50. The van der Waals surface area contributed by atoms with E-state index in [1.807, 2.05) is 19.9 Å². The van der Waals surface area contributed by atoms with Gasteiger partial charge in [-0.3, -0.25) is 9.59 Å². The molecule has 0 spiro atoms. The monoisotopic (exact) mass is 451 g/mol. The van der Waals surface area contributed by atoms with Crippen LogP contribution in [0.4, 0.5) is 0 Å². The maximum atomic E-state index is 13.2. The second-order valence-electron chi connectivity index (χ2n) is 9.63. The van der Waals surface area contributed by atoms with Gasteiger partial charge in [-0.25, -0.2) is 0 Å². The third kappa shape index (κ3) is 4.56. The normalized spacial score (nSPS) is 21.2. The summed E-state index contributed by atoms with van der Waals surface area (Å²) >= 11 is 0. The van der Waals surface area contributed by atoms with Crippen molar-refractivity contribution in [3.8, 4) is 5.75 Å². The number of likely N-dealkylation sites (tertiary alicyclic amines) is 1. The van der Waals surface area contributed by atoms with Gasteiger partial charge in [0.2, 0.25) is 0 Å². The summed E-state index contributed by atoms with van der Waals surface area (Å²) in [5.74, 6) is 0.940. The lowest BCUT2D eigenvalue weighted by molar-refractivity contribution is -0.142. The van der Waals surface area contributed by atoms with E-state index in [1.54, 1.807) is 29.2 Å². The summed E-state index contributed by atoms with van der Waals surface area (Å²) in [7, 11) is 0. The molecule has 1 N–H and O–H groups in total. The first kappa shape index (κ1) is 23.1. The number of hydrogen-bond acceptors (Lipinski definition) is 5. The van der Waals surface area contributed by atoms with Crippen molar-refractivity contribution >= 4 is 17.4 Å². The smallest absolute Gasteiger partial charge is 0.296 e. The van der Waals surface area contributed by atoms with Gasteiger partial charge in [-0.2, -0.15) is 0 Å². The van der Waals surface area contributed by atoms with Crippen LogP contribution in [0.15, 0.2) is 40.3 Å². The van der Waals surface area contributed by atoms with Gasteiger partial charge in [0.1, 0.15) is 29.1 Å². The number of aliphatic hydroxyl groups excluding tert-OH is 1. The molecule has 176 valence electrons. The van der Waals surface area contributed by atoms with Crippen LogP contribution >= 0.6 is 0 Å². The molecule has 1 unspecified atom stereocenters. The zero-order valence-electron chi connectivity index (χ0n) is 19.9. The van der Waals surface area contributed by atoms with E-state index in [0.717, 1.165) is 43.4 Å². The second kappa shape index (κ2) is 9.46. The second-order valence-corrected chi connectivity index (χ2v) is 9.63. The van der Waals surface area contributed by atoms with Crippen molar-refractivity contribution in [2.24, 2.45) is 5.92 Å². The molecule has 2 aromatic rings. The number of ketones is 1. The Kier molecular flexibility index (Phi) is 6.63. The molecule has 6 nitrogen and oxygen atoms in total. The van der Waals surface area contributed by atoms with Crippen LogP contribution in [0.2, 0.25) is 0 Å². The number of rotatable bonds is 6. The van der Waals surface area contributed by atoms with Crippen LogP contribution in [0.1, 0.15) is 74.6 Å². The minimum absolute atomic E-state index is 0.0375. The number of ether oxygens (including phenoxy) is 1. The average molecular weight is 452 g/mol. The molecule has 2 fully saturated rings. The van der Waals surface area contributed by atoms with Crippen molar-refractivity contribution in [1.29, 1.82) is 0 Å². The highest BCUT2D eigenvalue weighted by atomic mass is 16.5. The maximum Gasteiger partial charge on any atom is 0.296 e. The largest absolute Gasteiger partial charge is 0.507 e. The van der Waals surface area contributed by atoms with Crippen molar-refractivity contribution in [3.63, 3.8) is 0 Å². The Morgan fingerprint density at radius 1 is 1.12 bits per heavy atom. The molecule has 1 aliphatic heterocycles. The van der Waals surface area contributed by atoms with E-state index in [-0.39, 0.29) is 17.4 Å². The van der Waals surface area contributed by atoms with Crippen LogP contribution < -0.4 is 4.74 Å². The van der Waals surface area contributed by atoms with E-state index in [4.69, 9.17) is 9.15 Å². The molecule has 1 saturated heterocycles. The molecule has 0 radical (unpaired) electrons. The maximum absolute atomic E-state index is 13.2. The average Bonchev–Trinajstić information content (AvgIpc) is 3.33. The SMILES string of the molecule is Cc1ccc(C2/C(=C(/O)c3ccc(OCC(C)C)c(C)c3)C(=O)C(=O)N2C2CCCCC2)o1. The molecule has 4 rings (SSSR count). The molecule has 2 aliphatic rings. The standard InChI is InChI=1S/C27H33NO5/c1-16(2)15-32-21-13-11-19(14-17(21)3)25(29)23-24(22-12-10-18(4)33-22)28(27(31)26(23)30)20-8-6-5-7-9-20/h10-14,16,20,24,29H,5-9,15H2,1-4H3/b25-23-. The van der Waals surface area contributed by atoms with Crippen molar-refractivity contribution in [3.05, 3.63) is 58.6 Å². The van der Waals surface area contributed by atoms with Crippen molar-refractivity contribution < 1.29 is 23.8 Å². The number of Topliss-reactive ketones (excluding diaryl/α,β-unsaturated/α-hetero) is 1. The van der Waals surface area contributed by atoms with Gasteiger partial charge in [0, 0.05) is 11.6 Å². The predicted molar refractivity (Wildman–Crippen MR) is 126 cm³/mol. The van der Waals surface area contributed by atoms with Crippen molar-refractivity contribution in [2.45, 2.75) is 71.9 Å². The van der Waals surface area contributed by atoms with Crippen LogP contribution in [-0.4, -0.2) is 34.3 Å². The summed E-state index contributed by atoms with van der Waals surface area (Å²) in [6.07, 6.45) is 4.88. The number of nitrogens with zero attached hydrogens (tertiary/aromatic N) is 1. The lowest BCUT2D eigenvalue weighted by Crippen LogP contribution is -2.40. The van der Waals surface area contributed by atoms with Gasteiger partial charge in [0.15, 0.2) is 0 Å². The Morgan fingerprint density at radius 2 is 1.85 bits per heavy atom. The number of carbonyl (C=O) groups excluding carboxylic acids is 2. The fourth-order valence-electron chi connectivity index (χ4n) is 4.84. The lowest BCUT2D eigenvalue weighted by atomic mass is 9.92. The Bertz CT molecular complexity index is 1070.